The minimum atomic E-state index is -0.261. The molecule has 1 aromatic carbocycles. The lowest BCUT2D eigenvalue weighted by molar-refractivity contribution is 0.283. The average molecular weight is 259 g/mol. The third-order valence-corrected chi connectivity index (χ3v) is 2.96. The minimum Gasteiger partial charge on any atom is -0.490 e. The zero-order chi connectivity index (χ0) is 9.97. The Morgan fingerprint density at radius 2 is 2.21 bits per heavy atom. The molecule has 0 N–H and O–H groups in total. The maximum absolute atomic E-state index is 13.4. The molecule has 0 heterocycles. The number of benzene rings is 1. The fraction of sp³-hybridized carbons (Fsp3) is 0.455. The second-order valence-corrected chi connectivity index (χ2v) is 4.18. The first-order valence-electron chi connectivity index (χ1n) is 4.77. The van der Waals surface area contributed by atoms with Gasteiger partial charge in [-0.05, 0) is 24.8 Å². The van der Waals surface area contributed by atoms with Crippen LogP contribution in [0, 0.1) is 11.7 Å². The molecule has 0 spiro atoms. The number of rotatable bonds is 4. The molecule has 0 amide bonds. The number of ether oxygens (including phenoxy) is 1. The van der Waals surface area contributed by atoms with E-state index in [0.717, 1.165) is 5.56 Å². The second-order valence-electron chi connectivity index (χ2n) is 3.62. The summed E-state index contributed by atoms with van der Waals surface area (Å²) in [6, 6.07) is 5.02. The number of hydrogen-bond acceptors (Lipinski definition) is 1. The minimum absolute atomic E-state index is 0.261. The van der Waals surface area contributed by atoms with Crippen molar-refractivity contribution in [2.75, 3.05) is 6.61 Å². The van der Waals surface area contributed by atoms with Gasteiger partial charge in [0, 0.05) is 10.9 Å². The maximum atomic E-state index is 13.4. The van der Waals surface area contributed by atoms with Gasteiger partial charge < -0.3 is 4.74 Å². The van der Waals surface area contributed by atoms with Gasteiger partial charge in [-0.15, -0.1) is 0 Å². The van der Waals surface area contributed by atoms with Crippen molar-refractivity contribution in [1.29, 1.82) is 0 Å². The van der Waals surface area contributed by atoms with E-state index in [-0.39, 0.29) is 5.82 Å². The summed E-state index contributed by atoms with van der Waals surface area (Å²) >= 11 is 3.32. The Morgan fingerprint density at radius 1 is 1.43 bits per heavy atom. The van der Waals surface area contributed by atoms with Crippen LogP contribution < -0.4 is 4.74 Å². The molecule has 1 aliphatic carbocycles. The predicted molar refractivity (Wildman–Crippen MR) is 57.3 cm³/mol. The van der Waals surface area contributed by atoms with Crippen LogP contribution in [-0.2, 0) is 5.33 Å². The summed E-state index contributed by atoms with van der Waals surface area (Å²) in [4.78, 5) is 0. The molecule has 76 valence electrons. The summed E-state index contributed by atoms with van der Waals surface area (Å²) < 4.78 is 18.8. The Kier molecular flexibility index (Phi) is 3.06. The van der Waals surface area contributed by atoms with E-state index < -0.39 is 0 Å². The lowest BCUT2D eigenvalue weighted by Crippen LogP contribution is -2.03. The number of hydrogen-bond donors (Lipinski definition) is 0. The summed E-state index contributed by atoms with van der Waals surface area (Å²) in [5.74, 6) is 0.802. The topological polar surface area (TPSA) is 9.23 Å². The van der Waals surface area contributed by atoms with E-state index in [1.165, 1.54) is 18.9 Å². The first-order chi connectivity index (χ1) is 6.81. The van der Waals surface area contributed by atoms with Crippen LogP contribution in [-0.4, -0.2) is 6.61 Å². The van der Waals surface area contributed by atoms with Crippen LogP contribution in [0.15, 0.2) is 18.2 Å². The molecule has 0 aliphatic heterocycles. The molecule has 0 unspecified atom stereocenters. The van der Waals surface area contributed by atoms with E-state index in [1.54, 1.807) is 6.07 Å². The van der Waals surface area contributed by atoms with Crippen LogP contribution in [0.2, 0.25) is 0 Å². The quantitative estimate of drug-likeness (QED) is 0.752. The Bertz CT molecular complexity index is 323. The van der Waals surface area contributed by atoms with E-state index >= 15 is 0 Å². The Balaban J connectivity index is 2.11. The summed E-state index contributed by atoms with van der Waals surface area (Å²) in [5, 5.41) is 0.630. The van der Waals surface area contributed by atoms with Crippen molar-refractivity contribution >= 4 is 15.9 Å². The average Bonchev–Trinajstić information content (AvgIpc) is 2.99. The summed E-state index contributed by atoms with van der Waals surface area (Å²) in [6.07, 6.45) is 2.44. The van der Waals surface area contributed by atoms with Gasteiger partial charge in [0.15, 0.2) is 11.6 Å². The molecule has 1 saturated carbocycles. The molecule has 14 heavy (non-hydrogen) atoms. The van der Waals surface area contributed by atoms with Gasteiger partial charge in [-0.3, -0.25) is 0 Å². The van der Waals surface area contributed by atoms with Crippen molar-refractivity contribution in [2.24, 2.45) is 5.92 Å². The van der Waals surface area contributed by atoms with Gasteiger partial charge in [-0.1, -0.05) is 28.1 Å². The lowest BCUT2D eigenvalue weighted by atomic mass is 10.2. The van der Waals surface area contributed by atoms with Crippen LogP contribution in [0.3, 0.4) is 0 Å². The fourth-order valence-corrected chi connectivity index (χ4v) is 1.75. The zero-order valence-corrected chi connectivity index (χ0v) is 9.39. The molecule has 1 aliphatic rings. The van der Waals surface area contributed by atoms with E-state index in [2.05, 4.69) is 15.9 Å². The third-order valence-electron chi connectivity index (χ3n) is 2.35. The van der Waals surface area contributed by atoms with Gasteiger partial charge in [0.25, 0.3) is 0 Å². The molecular formula is C11H12BrFO. The molecule has 0 aromatic heterocycles. The van der Waals surface area contributed by atoms with E-state index in [9.17, 15) is 4.39 Å². The van der Waals surface area contributed by atoms with E-state index in [0.29, 0.717) is 23.6 Å². The molecule has 2 rings (SSSR count). The molecule has 0 saturated heterocycles. The monoisotopic (exact) mass is 258 g/mol. The standard InChI is InChI=1S/C11H12BrFO/c12-6-9-2-1-3-10(13)11(9)14-7-8-4-5-8/h1-3,8H,4-7H2. The molecule has 0 atom stereocenters. The van der Waals surface area contributed by atoms with Gasteiger partial charge in [-0.2, -0.15) is 0 Å². The predicted octanol–water partition coefficient (Wildman–Crippen LogP) is 3.51. The van der Waals surface area contributed by atoms with Crippen molar-refractivity contribution in [3.63, 3.8) is 0 Å². The second kappa shape index (κ2) is 4.30. The largest absolute Gasteiger partial charge is 0.490 e. The van der Waals surface area contributed by atoms with E-state index in [1.807, 2.05) is 6.07 Å². The molecule has 1 nitrogen and oxygen atoms in total. The van der Waals surface area contributed by atoms with Crippen molar-refractivity contribution in [3.05, 3.63) is 29.6 Å². The van der Waals surface area contributed by atoms with Crippen molar-refractivity contribution in [2.45, 2.75) is 18.2 Å². The highest BCUT2D eigenvalue weighted by Crippen LogP contribution is 2.31. The normalized spacial score (nSPS) is 15.6. The first kappa shape index (κ1) is 9.97. The molecule has 0 radical (unpaired) electrons. The molecular weight excluding hydrogens is 247 g/mol. The van der Waals surface area contributed by atoms with Crippen molar-refractivity contribution in [1.82, 2.24) is 0 Å². The van der Waals surface area contributed by atoms with Gasteiger partial charge in [0.1, 0.15) is 0 Å². The third kappa shape index (κ3) is 2.27. The van der Waals surface area contributed by atoms with E-state index in [4.69, 9.17) is 4.74 Å². The Morgan fingerprint density at radius 3 is 2.86 bits per heavy atom. The summed E-state index contributed by atoms with van der Waals surface area (Å²) in [7, 11) is 0. The molecule has 0 bridgehead atoms. The van der Waals surface area contributed by atoms with Crippen LogP contribution in [0.1, 0.15) is 18.4 Å². The highest BCUT2D eigenvalue weighted by molar-refractivity contribution is 9.08. The van der Waals surface area contributed by atoms with Crippen LogP contribution in [0.5, 0.6) is 5.75 Å². The van der Waals surface area contributed by atoms with Crippen molar-refractivity contribution < 1.29 is 9.13 Å². The lowest BCUT2D eigenvalue weighted by Gasteiger charge is -2.10. The first-order valence-corrected chi connectivity index (χ1v) is 5.89. The Hall–Kier alpha value is -0.570. The maximum Gasteiger partial charge on any atom is 0.165 e. The molecule has 3 heteroatoms. The summed E-state index contributed by atoms with van der Waals surface area (Å²) in [6.45, 7) is 0.654. The molecule has 1 aromatic rings. The van der Waals surface area contributed by atoms with Crippen LogP contribution in [0.25, 0.3) is 0 Å². The van der Waals surface area contributed by atoms with Crippen LogP contribution in [0.4, 0.5) is 4.39 Å². The fourth-order valence-electron chi connectivity index (χ4n) is 1.31. The SMILES string of the molecule is Fc1cccc(CBr)c1OCC1CC1. The summed E-state index contributed by atoms with van der Waals surface area (Å²) in [5.41, 5.74) is 0.880. The van der Waals surface area contributed by atoms with Gasteiger partial charge in [0.2, 0.25) is 0 Å². The Labute approximate surface area is 91.4 Å². The molecule has 1 fully saturated rings. The zero-order valence-electron chi connectivity index (χ0n) is 7.80. The van der Waals surface area contributed by atoms with Gasteiger partial charge in [-0.25, -0.2) is 4.39 Å². The van der Waals surface area contributed by atoms with Gasteiger partial charge in [0.05, 0.1) is 6.61 Å². The van der Waals surface area contributed by atoms with Crippen LogP contribution >= 0.6 is 15.9 Å². The number of halogens is 2. The smallest absolute Gasteiger partial charge is 0.165 e. The highest BCUT2D eigenvalue weighted by atomic mass is 79.9. The number of para-hydroxylation sites is 1. The number of alkyl halides is 1. The highest BCUT2D eigenvalue weighted by Gasteiger charge is 2.23. The van der Waals surface area contributed by atoms with Crippen molar-refractivity contribution in [3.8, 4) is 5.75 Å². The van der Waals surface area contributed by atoms with Gasteiger partial charge >= 0.3 is 0 Å².